The predicted molar refractivity (Wildman–Crippen MR) is 84.5 cm³/mol. The maximum atomic E-state index is 12.5. The molecule has 0 spiro atoms. The van der Waals surface area contributed by atoms with Crippen molar-refractivity contribution >= 4 is 10.0 Å². The van der Waals surface area contributed by atoms with Crippen molar-refractivity contribution in [2.75, 3.05) is 7.05 Å². The Balaban J connectivity index is 2.10. The van der Waals surface area contributed by atoms with Crippen molar-refractivity contribution in [1.29, 1.82) is 0 Å². The van der Waals surface area contributed by atoms with Gasteiger partial charge in [0.2, 0.25) is 10.0 Å². The summed E-state index contributed by atoms with van der Waals surface area (Å²) in [7, 11) is 0.303. The zero-order valence-corrected chi connectivity index (χ0v) is 14.2. The van der Waals surface area contributed by atoms with Crippen LogP contribution in [0.4, 0.5) is 0 Å². The van der Waals surface area contributed by atoms with Crippen LogP contribution in [0.15, 0.2) is 17.2 Å². The standard InChI is InChI=1S/C15H27N3O2S/c1-11-5-6-13(7-12(11)2)17-21(19,20)15-8-14(9-16-3)18(4)10-15/h8,10-13,16-17H,5-7,9H2,1-4H3. The van der Waals surface area contributed by atoms with Gasteiger partial charge in [0.15, 0.2) is 0 Å². The monoisotopic (exact) mass is 313 g/mol. The number of rotatable bonds is 5. The quantitative estimate of drug-likeness (QED) is 0.872. The molecule has 0 saturated heterocycles. The van der Waals surface area contributed by atoms with Crippen LogP contribution in [-0.4, -0.2) is 26.1 Å². The summed E-state index contributed by atoms with van der Waals surface area (Å²) in [6.45, 7) is 5.11. The van der Waals surface area contributed by atoms with E-state index in [0.29, 0.717) is 23.3 Å². The number of aromatic nitrogens is 1. The smallest absolute Gasteiger partial charge is 0.242 e. The number of sulfonamides is 1. The molecule has 2 N–H and O–H groups in total. The van der Waals surface area contributed by atoms with E-state index >= 15 is 0 Å². The maximum absolute atomic E-state index is 12.5. The lowest BCUT2D eigenvalue weighted by Gasteiger charge is -2.32. The highest BCUT2D eigenvalue weighted by atomic mass is 32.2. The fraction of sp³-hybridized carbons (Fsp3) is 0.733. The Morgan fingerprint density at radius 1 is 1.29 bits per heavy atom. The normalized spacial score (nSPS) is 27.0. The van der Waals surface area contributed by atoms with Crippen LogP contribution >= 0.6 is 0 Å². The van der Waals surface area contributed by atoms with Gasteiger partial charge in [0.05, 0.1) is 4.90 Å². The Bertz CT molecular complexity index is 580. The van der Waals surface area contributed by atoms with E-state index in [0.717, 1.165) is 25.0 Å². The van der Waals surface area contributed by atoms with Crippen molar-refractivity contribution in [1.82, 2.24) is 14.6 Å². The van der Waals surface area contributed by atoms with Crippen LogP contribution in [0, 0.1) is 11.8 Å². The van der Waals surface area contributed by atoms with E-state index in [9.17, 15) is 8.42 Å². The van der Waals surface area contributed by atoms with E-state index in [1.165, 1.54) is 0 Å². The second-order valence-electron chi connectivity index (χ2n) is 6.39. The van der Waals surface area contributed by atoms with Gasteiger partial charge in [0.25, 0.3) is 0 Å². The molecule has 1 aliphatic carbocycles. The summed E-state index contributed by atoms with van der Waals surface area (Å²) in [6, 6.07) is 1.81. The number of hydrogen-bond donors (Lipinski definition) is 2. The Kier molecular flexibility index (Phi) is 5.11. The van der Waals surface area contributed by atoms with Gasteiger partial charge in [-0.05, 0) is 44.2 Å². The Hall–Kier alpha value is -0.850. The van der Waals surface area contributed by atoms with Gasteiger partial charge in [-0.25, -0.2) is 13.1 Å². The van der Waals surface area contributed by atoms with E-state index in [2.05, 4.69) is 23.9 Å². The molecule has 0 radical (unpaired) electrons. The fourth-order valence-corrected chi connectivity index (χ4v) is 4.40. The molecule has 3 unspecified atom stereocenters. The third-order valence-electron chi connectivity index (χ3n) is 4.67. The Morgan fingerprint density at radius 2 is 2.00 bits per heavy atom. The highest BCUT2D eigenvalue weighted by Gasteiger charge is 2.28. The molecule has 1 fully saturated rings. The molecule has 1 heterocycles. The Morgan fingerprint density at radius 3 is 2.62 bits per heavy atom. The minimum Gasteiger partial charge on any atom is -0.352 e. The van der Waals surface area contributed by atoms with Gasteiger partial charge in [0, 0.05) is 31.5 Å². The van der Waals surface area contributed by atoms with Crippen molar-refractivity contribution in [3.05, 3.63) is 18.0 Å². The van der Waals surface area contributed by atoms with Gasteiger partial charge in [0.1, 0.15) is 0 Å². The number of aryl methyl sites for hydroxylation is 1. The average molecular weight is 313 g/mol. The first-order chi connectivity index (χ1) is 9.83. The molecule has 0 amide bonds. The van der Waals surface area contributed by atoms with Gasteiger partial charge in [-0.2, -0.15) is 0 Å². The summed E-state index contributed by atoms with van der Waals surface area (Å²) in [4.78, 5) is 0.363. The number of hydrogen-bond acceptors (Lipinski definition) is 3. The topological polar surface area (TPSA) is 63.1 Å². The first kappa shape index (κ1) is 16.5. The van der Waals surface area contributed by atoms with Crippen LogP contribution in [0.5, 0.6) is 0 Å². The predicted octanol–water partition coefficient (Wildman–Crippen LogP) is 1.85. The second-order valence-corrected chi connectivity index (χ2v) is 8.11. The van der Waals surface area contributed by atoms with E-state index in [4.69, 9.17) is 0 Å². The summed E-state index contributed by atoms with van der Waals surface area (Å²) in [6.07, 6.45) is 4.63. The van der Waals surface area contributed by atoms with Crippen LogP contribution < -0.4 is 10.0 Å². The molecule has 21 heavy (non-hydrogen) atoms. The summed E-state index contributed by atoms with van der Waals surface area (Å²) >= 11 is 0. The van der Waals surface area contributed by atoms with Gasteiger partial charge in [-0.3, -0.25) is 0 Å². The molecule has 0 aromatic carbocycles. The molecule has 2 rings (SSSR count). The molecule has 6 heteroatoms. The van der Waals surface area contributed by atoms with Crippen molar-refractivity contribution in [3.63, 3.8) is 0 Å². The lowest BCUT2D eigenvalue weighted by atomic mass is 9.79. The highest BCUT2D eigenvalue weighted by Crippen LogP contribution is 2.30. The zero-order valence-electron chi connectivity index (χ0n) is 13.4. The minimum absolute atomic E-state index is 0.0640. The maximum Gasteiger partial charge on any atom is 0.242 e. The number of nitrogens with one attached hydrogen (secondary N) is 2. The summed E-state index contributed by atoms with van der Waals surface area (Å²) < 4.78 is 29.8. The summed E-state index contributed by atoms with van der Waals surface area (Å²) in [5, 5.41) is 3.05. The van der Waals surface area contributed by atoms with Crippen molar-refractivity contribution in [2.24, 2.45) is 18.9 Å². The van der Waals surface area contributed by atoms with Crippen LogP contribution in [0.1, 0.15) is 38.8 Å². The van der Waals surface area contributed by atoms with Crippen LogP contribution in [0.2, 0.25) is 0 Å². The van der Waals surface area contributed by atoms with Crippen LogP contribution in [0.3, 0.4) is 0 Å². The third kappa shape index (κ3) is 3.87. The van der Waals surface area contributed by atoms with E-state index < -0.39 is 10.0 Å². The first-order valence-electron chi connectivity index (χ1n) is 7.65. The molecule has 3 atom stereocenters. The van der Waals surface area contributed by atoms with E-state index in [1.807, 2.05) is 18.7 Å². The van der Waals surface area contributed by atoms with Crippen LogP contribution in [-0.2, 0) is 23.6 Å². The first-order valence-corrected chi connectivity index (χ1v) is 9.14. The summed E-state index contributed by atoms with van der Waals surface area (Å²) in [5.41, 5.74) is 0.962. The molecule has 1 aromatic rings. The molecular weight excluding hydrogens is 286 g/mol. The largest absolute Gasteiger partial charge is 0.352 e. The third-order valence-corrected chi connectivity index (χ3v) is 6.16. The lowest BCUT2D eigenvalue weighted by molar-refractivity contribution is 0.242. The molecule has 1 aromatic heterocycles. The van der Waals surface area contributed by atoms with Crippen molar-refractivity contribution in [3.8, 4) is 0 Å². The molecule has 120 valence electrons. The molecule has 1 saturated carbocycles. The molecule has 5 nitrogen and oxygen atoms in total. The molecule has 1 aliphatic rings. The van der Waals surface area contributed by atoms with Gasteiger partial charge >= 0.3 is 0 Å². The average Bonchev–Trinajstić information content (AvgIpc) is 2.77. The van der Waals surface area contributed by atoms with E-state index in [-0.39, 0.29) is 6.04 Å². The molecule has 0 aliphatic heterocycles. The molecule has 0 bridgehead atoms. The zero-order chi connectivity index (χ0) is 15.6. The molecular formula is C15H27N3O2S. The van der Waals surface area contributed by atoms with Crippen molar-refractivity contribution in [2.45, 2.75) is 50.6 Å². The second kappa shape index (κ2) is 6.50. The van der Waals surface area contributed by atoms with Crippen LogP contribution in [0.25, 0.3) is 0 Å². The highest BCUT2D eigenvalue weighted by molar-refractivity contribution is 7.89. The van der Waals surface area contributed by atoms with Crippen molar-refractivity contribution < 1.29 is 8.42 Å². The van der Waals surface area contributed by atoms with Gasteiger partial charge in [-0.15, -0.1) is 0 Å². The minimum atomic E-state index is -3.42. The SMILES string of the molecule is CNCc1cc(S(=O)(=O)NC2CCC(C)C(C)C2)cn1C. The van der Waals surface area contributed by atoms with Gasteiger partial charge in [-0.1, -0.05) is 13.8 Å². The Labute approximate surface area is 128 Å². The number of nitrogens with zero attached hydrogens (tertiary/aromatic N) is 1. The van der Waals surface area contributed by atoms with Gasteiger partial charge < -0.3 is 9.88 Å². The van der Waals surface area contributed by atoms with E-state index in [1.54, 1.807) is 12.3 Å². The summed E-state index contributed by atoms with van der Waals surface area (Å²) in [5.74, 6) is 1.26. The lowest BCUT2D eigenvalue weighted by Crippen LogP contribution is -2.39. The fourth-order valence-electron chi connectivity index (χ4n) is 3.02.